The topological polar surface area (TPSA) is 55.2 Å². The van der Waals surface area contributed by atoms with Crippen LogP contribution in [0.25, 0.3) is 0 Å². The number of nitrogens with one attached hydrogen (secondary N) is 1. The van der Waals surface area contributed by atoms with Crippen LogP contribution >= 0.6 is 0 Å². The van der Waals surface area contributed by atoms with E-state index >= 15 is 0 Å². The Hall–Kier alpha value is -1.42. The Kier molecular flexibility index (Phi) is 6.36. The van der Waals surface area contributed by atoms with E-state index in [4.69, 9.17) is 0 Å². The normalized spacial score (nSPS) is 10.8. The van der Waals surface area contributed by atoms with E-state index in [-0.39, 0.29) is 10.6 Å². The number of rotatable bonds is 8. The Morgan fingerprint density at radius 1 is 1.22 bits per heavy atom. The monoisotopic (exact) mass is 250 g/mol. The van der Waals surface area contributed by atoms with Crippen LogP contribution in [0.1, 0.15) is 38.7 Å². The van der Waals surface area contributed by atoms with Crippen molar-refractivity contribution in [1.29, 1.82) is 0 Å². The van der Waals surface area contributed by atoms with Gasteiger partial charge in [-0.15, -0.1) is 0 Å². The molecule has 0 amide bonds. The highest BCUT2D eigenvalue weighted by Crippen LogP contribution is 2.11. The summed E-state index contributed by atoms with van der Waals surface area (Å²) in [5.41, 5.74) is 1.24. The fourth-order valence-electron chi connectivity index (χ4n) is 1.77. The van der Waals surface area contributed by atoms with Crippen molar-refractivity contribution in [1.82, 2.24) is 5.32 Å². The molecule has 0 atom stereocenters. The van der Waals surface area contributed by atoms with Gasteiger partial charge < -0.3 is 5.32 Å². The number of non-ortho nitro benzene ring substituents is 1. The molecule has 0 saturated heterocycles. The maximum atomic E-state index is 10.5. The third-order valence-corrected chi connectivity index (χ3v) is 2.86. The second-order valence-corrected chi connectivity index (χ2v) is 4.99. The quantitative estimate of drug-likeness (QED) is 0.436. The van der Waals surface area contributed by atoms with Crippen molar-refractivity contribution in [2.45, 2.75) is 39.7 Å². The van der Waals surface area contributed by atoms with Crippen molar-refractivity contribution in [2.75, 3.05) is 6.54 Å². The number of nitro groups is 1. The minimum atomic E-state index is -0.372. The van der Waals surface area contributed by atoms with Crippen molar-refractivity contribution >= 4 is 5.69 Å². The fraction of sp³-hybridized carbons (Fsp3) is 0.571. The van der Waals surface area contributed by atoms with Gasteiger partial charge in [0.1, 0.15) is 0 Å². The lowest BCUT2D eigenvalue weighted by Gasteiger charge is -2.06. The molecule has 0 aliphatic carbocycles. The predicted molar refractivity (Wildman–Crippen MR) is 73.5 cm³/mol. The Morgan fingerprint density at radius 3 is 2.44 bits per heavy atom. The van der Waals surface area contributed by atoms with E-state index < -0.39 is 0 Å². The molecule has 100 valence electrons. The van der Waals surface area contributed by atoms with Gasteiger partial charge in [-0.25, -0.2) is 0 Å². The molecule has 4 nitrogen and oxygen atoms in total. The van der Waals surface area contributed by atoms with Crippen LogP contribution in [0.3, 0.4) is 0 Å². The molecule has 0 aromatic heterocycles. The molecule has 0 aliphatic heterocycles. The Labute approximate surface area is 109 Å². The summed E-state index contributed by atoms with van der Waals surface area (Å²) in [5, 5.41) is 13.8. The molecule has 0 unspecified atom stereocenters. The van der Waals surface area contributed by atoms with Gasteiger partial charge in [0.2, 0.25) is 0 Å². The molecule has 4 heteroatoms. The highest BCUT2D eigenvalue weighted by atomic mass is 16.6. The number of hydrogen-bond donors (Lipinski definition) is 1. The van der Waals surface area contributed by atoms with Gasteiger partial charge in [-0.1, -0.05) is 38.8 Å². The Bertz CT molecular complexity index is 361. The molecular formula is C14H22N2O2. The van der Waals surface area contributed by atoms with Crippen molar-refractivity contribution in [3.05, 3.63) is 39.9 Å². The minimum Gasteiger partial charge on any atom is -0.313 e. The fourth-order valence-corrected chi connectivity index (χ4v) is 1.77. The standard InChI is InChI=1S/C14H22N2O2/c1-12(2)5-3-4-10-15-11-13-6-8-14(9-7-13)16(17)18/h6-9,12,15H,3-5,10-11H2,1-2H3. The summed E-state index contributed by atoms with van der Waals surface area (Å²) in [5.74, 6) is 0.777. The molecule has 0 aliphatic rings. The summed E-state index contributed by atoms with van der Waals surface area (Å²) >= 11 is 0. The third kappa shape index (κ3) is 5.77. The van der Waals surface area contributed by atoms with Crippen molar-refractivity contribution in [2.24, 2.45) is 5.92 Å². The van der Waals surface area contributed by atoms with Crippen molar-refractivity contribution in [3.8, 4) is 0 Å². The summed E-state index contributed by atoms with van der Waals surface area (Å²) < 4.78 is 0. The van der Waals surface area contributed by atoms with Crippen molar-refractivity contribution < 1.29 is 4.92 Å². The molecule has 1 rings (SSSR count). The van der Waals surface area contributed by atoms with Gasteiger partial charge in [-0.3, -0.25) is 10.1 Å². The summed E-state index contributed by atoms with van der Waals surface area (Å²) in [7, 11) is 0. The van der Waals surface area contributed by atoms with Crippen LogP contribution in [-0.4, -0.2) is 11.5 Å². The average molecular weight is 250 g/mol. The van der Waals surface area contributed by atoms with E-state index in [1.807, 2.05) is 0 Å². The smallest absolute Gasteiger partial charge is 0.269 e. The van der Waals surface area contributed by atoms with Crippen LogP contribution < -0.4 is 5.32 Å². The molecule has 1 aromatic rings. The van der Waals surface area contributed by atoms with E-state index in [1.165, 1.54) is 19.3 Å². The second kappa shape index (κ2) is 7.82. The summed E-state index contributed by atoms with van der Waals surface area (Å²) in [6, 6.07) is 6.71. The maximum Gasteiger partial charge on any atom is 0.269 e. The zero-order valence-electron chi connectivity index (χ0n) is 11.2. The average Bonchev–Trinajstić information content (AvgIpc) is 2.34. The summed E-state index contributed by atoms with van der Waals surface area (Å²) in [6.45, 7) is 6.26. The minimum absolute atomic E-state index is 0.149. The van der Waals surface area contributed by atoms with Gasteiger partial charge in [0.15, 0.2) is 0 Å². The maximum absolute atomic E-state index is 10.5. The molecule has 1 aromatic carbocycles. The van der Waals surface area contributed by atoms with E-state index in [2.05, 4.69) is 19.2 Å². The van der Waals surface area contributed by atoms with E-state index in [1.54, 1.807) is 24.3 Å². The largest absolute Gasteiger partial charge is 0.313 e. The van der Waals surface area contributed by atoms with Crippen LogP contribution in [0.4, 0.5) is 5.69 Å². The molecule has 18 heavy (non-hydrogen) atoms. The number of nitro benzene ring substituents is 1. The molecule has 1 N–H and O–H groups in total. The van der Waals surface area contributed by atoms with Crippen LogP contribution in [0, 0.1) is 16.0 Å². The highest BCUT2D eigenvalue weighted by Gasteiger charge is 2.03. The molecule has 0 saturated carbocycles. The number of unbranched alkanes of at least 4 members (excludes halogenated alkanes) is 1. The van der Waals surface area contributed by atoms with Crippen LogP contribution in [-0.2, 0) is 6.54 Å². The van der Waals surface area contributed by atoms with E-state index in [9.17, 15) is 10.1 Å². The number of hydrogen-bond acceptors (Lipinski definition) is 3. The molecule has 0 heterocycles. The predicted octanol–water partition coefficient (Wildman–Crippen LogP) is 3.51. The first kappa shape index (κ1) is 14.6. The third-order valence-electron chi connectivity index (χ3n) is 2.86. The van der Waals surface area contributed by atoms with E-state index in [0.29, 0.717) is 0 Å². The van der Waals surface area contributed by atoms with Gasteiger partial charge in [0, 0.05) is 18.7 Å². The molecular weight excluding hydrogens is 228 g/mol. The lowest BCUT2D eigenvalue weighted by Crippen LogP contribution is -2.14. The van der Waals surface area contributed by atoms with Crippen LogP contribution in [0.5, 0.6) is 0 Å². The zero-order valence-corrected chi connectivity index (χ0v) is 11.2. The van der Waals surface area contributed by atoms with Gasteiger partial charge >= 0.3 is 0 Å². The van der Waals surface area contributed by atoms with Gasteiger partial charge in [-0.2, -0.15) is 0 Å². The first-order valence-corrected chi connectivity index (χ1v) is 6.53. The Balaban J connectivity index is 2.17. The molecule has 0 radical (unpaired) electrons. The molecule has 0 bridgehead atoms. The summed E-state index contributed by atoms with van der Waals surface area (Å²) in [6.07, 6.45) is 3.72. The molecule has 0 fully saturated rings. The SMILES string of the molecule is CC(C)CCCCNCc1ccc([N+](=O)[O-])cc1. The van der Waals surface area contributed by atoms with Crippen LogP contribution in [0.2, 0.25) is 0 Å². The zero-order chi connectivity index (χ0) is 13.4. The molecule has 0 spiro atoms. The number of benzene rings is 1. The highest BCUT2D eigenvalue weighted by molar-refractivity contribution is 5.32. The first-order valence-electron chi connectivity index (χ1n) is 6.53. The number of nitrogens with zero attached hydrogens (tertiary/aromatic N) is 1. The second-order valence-electron chi connectivity index (χ2n) is 4.99. The van der Waals surface area contributed by atoms with Gasteiger partial charge in [-0.05, 0) is 24.4 Å². The van der Waals surface area contributed by atoms with Crippen LogP contribution in [0.15, 0.2) is 24.3 Å². The Morgan fingerprint density at radius 2 is 1.89 bits per heavy atom. The lowest BCUT2D eigenvalue weighted by molar-refractivity contribution is -0.384. The first-order chi connectivity index (χ1) is 8.59. The van der Waals surface area contributed by atoms with Crippen molar-refractivity contribution in [3.63, 3.8) is 0 Å². The summed E-state index contributed by atoms with van der Waals surface area (Å²) in [4.78, 5) is 10.1. The lowest BCUT2D eigenvalue weighted by atomic mass is 10.1. The van der Waals surface area contributed by atoms with Gasteiger partial charge in [0.25, 0.3) is 5.69 Å². The van der Waals surface area contributed by atoms with E-state index in [0.717, 1.165) is 24.6 Å². The van der Waals surface area contributed by atoms with Gasteiger partial charge in [0.05, 0.1) is 4.92 Å².